The maximum absolute atomic E-state index is 12.6. The predicted octanol–water partition coefficient (Wildman–Crippen LogP) is 4.11. The summed E-state index contributed by atoms with van der Waals surface area (Å²) in [5.74, 6) is -0.459. The van der Waals surface area contributed by atoms with Crippen LogP contribution in [0.15, 0.2) is 72.1 Å². The highest BCUT2D eigenvalue weighted by Crippen LogP contribution is 2.28. The molecule has 0 spiro atoms. The van der Waals surface area contributed by atoms with E-state index in [-0.39, 0.29) is 24.3 Å². The largest absolute Gasteiger partial charge is 0.362 e. The number of hydrogen-bond donors (Lipinski definition) is 1. The summed E-state index contributed by atoms with van der Waals surface area (Å²) in [6.07, 6.45) is 4.12. The van der Waals surface area contributed by atoms with Crippen molar-refractivity contribution >= 4 is 23.4 Å². The smallest absolute Gasteiger partial charge is 0.261 e. The van der Waals surface area contributed by atoms with Gasteiger partial charge in [0, 0.05) is 22.3 Å². The Hall–Kier alpha value is -2.85. The number of carbonyl (C=O) groups excluding carboxylic acids is 2. The minimum Gasteiger partial charge on any atom is -0.362 e. The number of rotatable bonds is 3. The molecule has 4 rings (SSSR count). The second kappa shape index (κ2) is 6.46. The Labute approximate surface area is 156 Å². The van der Waals surface area contributed by atoms with Gasteiger partial charge in [-0.05, 0) is 36.8 Å². The second-order valence-corrected chi connectivity index (χ2v) is 6.93. The third-order valence-electron chi connectivity index (χ3n) is 4.61. The Balaban J connectivity index is 1.61. The number of imide groups is 1. The molecule has 0 aromatic heterocycles. The summed E-state index contributed by atoms with van der Waals surface area (Å²) in [6.45, 7) is 2.18. The summed E-state index contributed by atoms with van der Waals surface area (Å²) in [5, 5.41) is 3.95. The van der Waals surface area contributed by atoms with Crippen molar-refractivity contribution in [1.29, 1.82) is 0 Å². The molecule has 5 heteroatoms. The first-order valence-corrected chi connectivity index (χ1v) is 8.77. The van der Waals surface area contributed by atoms with E-state index in [4.69, 9.17) is 11.6 Å². The molecular formula is C21H17ClN2O2. The number of benzene rings is 2. The van der Waals surface area contributed by atoms with Crippen molar-refractivity contribution in [3.05, 3.63) is 93.8 Å². The predicted molar refractivity (Wildman–Crippen MR) is 101 cm³/mol. The zero-order chi connectivity index (χ0) is 18.3. The lowest BCUT2D eigenvalue weighted by atomic mass is 9.94. The lowest BCUT2D eigenvalue weighted by Crippen LogP contribution is -2.35. The average Bonchev–Trinajstić information content (AvgIpc) is 2.87. The standard InChI is InChI=1S/C21H17ClN2O2/c1-13-9-15(14-5-4-6-16(22)10-14)11-17(23-13)12-24-20(25)18-7-2-3-8-19(18)21(24)26/h2-11,15,23H,12H2,1H3. The number of amides is 2. The van der Waals surface area contributed by atoms with Crippen LogP contribution in [-0.4, -0.2) is 23.3 Å². The molecule has 1 unspecified atom stereocenters. The summed E-state index contributed by atoms with van der Waals surface area (Å²) in [7, 11) is 0. The van der Waals surface area contributed by atoms with Crippen LogP contribution < -0.4 is 5.32 Å². The highest BCUT2D eigenvalue weighted by atomic mass is 35.5. The number of nitrogens with zero attached hydrogens (tertiary/aromatic N) is 1. The third-order valence-corrected chi connectivity index (χ3v) is 4.84. The Morgan fingerprint density at radius 1 is 1.00 bits per heavy atom. The van der Waals surface area contributed by atoms with Crippen molar-refractivity contribution in [3.8, 4) is 0 Å². The van der Waals surface area contributed by atoms with Crippen molar-refractivity contribution in [1.82, 2.24) is 10.2 Å². The Morgan fingerprint density at radius 3 is 2.35 bits per heavy atom. The number of nitrogens with one attached hydrogen (secondary N) is 1. The molecule has 0 aliphatic carbocycles. The zero-order valence-electron chi connectivity index (χ0n) is 14.2. The highest BCUT2D eigenvalue weighted by molar-refractivity contribution is 6.30. The molecule has 1 atom stereocenters. The van der Waals surface area contributed by atoms with Gasteiger partial charge >= 0.3 is 0 Å². The molecular weight excluding hydrogens is 348 g/mol. The van der Waals surface area contributed by atoms with Crippen LogP contribution in [0.1, 0.15) is 39.1 Å². The van der Waals surface area contributed by atoms with Gasteiger partial charge < -0.3 is 5.32 Å². The molecule has 0 saturated heterocycles. The van der Waals surface area contributed by atoms with E-state index < -0.39 is 0 Å². The molecule has 26 heavy (non-hydrogen) atoms. The number of carbonyl (C=O) groups is 2. The van der Waals surface area contributed by atoms with Crippen LogP contribution in [0, 0.1) is 0 Å². The molecule has 2 aliphatic heterocycles. The minimum atomic E-state index is -0.250. The van der Waals surface area contributed by atoms with Gasteiger partial charge in [-0.1, -0.05) is 48.0 Å². The quantitative estimate of drug-likeness (QED) is 0.834. The van der Waals surface area contributed by atoms with Crippen LogP contribution in [0.5, 0.6) is 0 Å². The van der Waals surface area contributed by atoms with Gasteiger partial charge in [-0.25, -0.2) is 0 Å². The summed E-state index contributed by atoms with van der Waals surface area (Å²) in [5.41, 5.74) is 3.80. The molecule has 4 nitrogen and oxygen atoms in total. The van der Waals surface area contributed by atoms with E-state index in [2.05, 4.69) is 11.4 Å². The average molecular weight is 365 g/mol. The zero-order valence-corrected chi connectivity index (χ0v) is 15.0. The van der Waals surface area contributed by atoms with Gasteiger partial charge in [0.25, 0.3) is 11.8 Å². The molecule has 0 fully saturated rings. The molecule has 2 aliphatic rings. The highest BCUT2D eigenvalue weighted by Gasteiger charge is 2.35. The fraction of sp³-hybridized carbons (Fsp3) is 0.143. The van der Waals surface area contributed by atoms with Gasteiger partial charge in [-0.3, -0.25) is 14.5 Å². The molecule has 1 N–H and O–H groups in total. The van der Waals surface area contributed by atoms with Crippen molar-refractivity contribution in [2.24, 2.45) is 0 Å². The number of hydrogen-bond acceptors (Lipinski definition) is 3. The number of halogens is 1. The van der Waals surface area contributed by atoms with Crippen LogP contribution >= 0.6 is 11.6 Å². The van der Waals surface area contributed by atoms with E-state index in [0.717, 1.165) is 17.0 Å². The lowest BCUT2D eigenvalue weighted by Gasteiger charge is -2.24. The van der Waals surface area contributed by atoms with E-state index in [1.807, 2.05) is 37.3 Å². The molecule has 0 radical (unpaired) electrons. The summed E-state index contributed by atoms with van der Waals surface area (Å²) in [6, 6.07) is 14.6. The molecule has 0 saturated carbocycles. The van der Waals surface area contributed by atoms with Gasteiger partial charge in [-0.2, -0.15) is 0 Å². The molecule has 0 bridgehead atoms. The molecule has 2 heterocycles. The van der Waals surface area contributed by atoms with Gasteiger partial charge in [-0.15, -0.1) is 0 Å². The van der Waals surface area contributed by atoms with Gasteiger partial charge in [0.1, 0.15) is 0 Å². The van der Waals surface area contributed by atoms with E-state index in [9.17, 15) is 9.59 Å². The first-order chi connectivity index (χ1) is 12.5. The fourth-order valence-corrected chi connectivity index (χ4v) is 3.62. The van der Waals surface area contributed by atoms with Crippen LogP contribution in [0.4, 0.5) is 0 Å². The maximum atomic E-state index is 12.6. The fourth-order valence-electron chi connectivity index (χ4n) is 3.42. The number of dihydropyridines is 1. The molecule has 2 aromatic carbocycles. The Kier molecular flexibility index (Phi) is 4.13. The van der Waals surface area contributed by atoms with E-state index in [0.29, 0.717) is 16.1 Å². The number of fused-ring (bicyclic) bond motifs is 1. The van der Waals surface area contributed by atoms with Crippen molar-refractivity contribution in [2.45, 2.75) is 12.8 Å². The third kappa shape index (κ3) is 2.93. The normalized spacial score (nSPS) is 19.0. The molecule has 2 aromatic rings. The van der Waals surface area contributed by atoms with Crippen LogP contribution in [-0.2, 0) is 0 Å². The SMILES string of the molecule is CC1=CC(c2cccc(Cl)c2)C=C(CN2C(=O)c3ccccc3C2=O)N1. The van der Waals surface area contributed by atoms with Gasteiger partial charge in [0.05, 0.1) is 17.7 Å². The van der Waals surface area contributed by atoms with E-state index >= 15 is 0 Å². The van der Waals surface area contributed by atoms with Crippen LogP contribution in [0.2, 0.25) is 5.02 Å². The minimum absolute atomic E-state index is 0.0418. The van der Waals surface area contributed by atoms with Crippen LogP contribution in [0.3, 0.4) is 0 Å². The lowest BCUT2D eigenvalue weighted by molar-refractivity contribution is 0.0666. The Bertz CT molecular complexity index is 942. The van der Waals surface area contributed by atoms with Crippen molar-refractivity contribution in [2.75, 3.05) is 6.54 Å². The maximum Gasteiger partial charge on any atom is 0.261 e. The first kappa shape index (κ1) is 16.6. The monoisotopic (exact) mass is 364 g/mol. The van der Waals surface area contributed by atoms with E-state index in [1.165, 1.54) is 4.90 Å². The first-order valence-electron chi connectivity index (χ1n) is 8.40. The van der Waals surface area contributed by atoms with Crippen molar-refractivity contribution in [3.63, 3.8) is 0 Å². The van der Waals surface area contributed by atoms with Gasteiger partial charge in [0.15, 0.2) is 0 Å². The second-order valence-electron chi connectivity index (χ2n) is 6.49. The van der Waals surface area contributed by atoms with Gasteiger partial charge in [0.2, 0.25) is 0 Å². The van der Waals surface area contributed by atoms with E-state index in [1.54, 1.807) is 24.3 Å². The molecule has 130 valence electrons. The summed E-state index contributed by atoms with van der Waals surface area (Å²) < 4.78 is 0. The van der Waals surface area contributed by atoms with Crippen LogP contribution in [0.25, 0.3) is 0 Å². The molecule has 2 amide bonds. The number of allylic oxidation sites excluding steroid dienone is 3. The topological polar surface area (TPSA) is 49.4 Å². The summed E-state index contributed by atoms with van der Waals surface area (Å²) in [4.78, 5) is 26.4. The van der Waals surface area contributed by atoms with Crippen molar-refractivity contribution < 1.29 is 9.59 Å². The Morgan fingerprint density at radius 2 is 1.69 bits per heavy atom. The summed E-state index contributed by atoms with van der Waals surface area (Å²) >= 11 is 6.11.